The molecule has 3 aromatic carbocycles. The Morgan fingerprint density at radius 1 is 0.952 bits per heavy atom. The maximum absolute atomic E-state index is 13.8. The van der Waals surface area contributed by atoms with E-state index in [2.05, 4.69) is 5.32 Å². The van der Waals surface area contributed by atoms with Crippen LogP contribution in [0.25, 0.3) is 0 Å². The number of nitrogens with zero attached hydrogens (tertiary/aromatic N) is 2. The quantitative estimate of drug-likeness (QED) is 0.306. The number of rotatable bonds is 13. The minimum Gasteiger partial charge on any atom is -0.486 e. The van der Waals surface area contributed by atoms with Crippen LogP contribution in [0.5, 0.6) is 11.5 Å². The number of hydrogen-bond donors (Lipinski definition) is 1. The van der Waals surface area contributed by atoms with E-state index in [-0.39, 0.29) is 37.7 Å². The van der Waals surface area contributed by atoms with E-state index in [1.165, 1.54) is 4.31 Å². The Kier molecular flexibility index (Phi) is 10.7. The van der Waals surface area contributed by atoms with Crippen molar-refractivity contribution in [1.29, 1.82) is 0 Å². The highest BCUT2D eigenvalue weighted by Gasteiger charge is 2.30. The fourth-order valence-corrected chi connectivity index (χ4v) is 5.91. The monoisotopic (exact) mass is 613 g/mol. The summed E-state index contributed by atoms with van der Waals surface area (Å²) in [7, 11) is -3.66. The summed E-state index contributed by atoms with van der Waals surface area (Å²) in [6.45, 7) is 3.33. The molecule has 0 fully saturated rings. The molecule has 1 N–H and O–H groups in total. The minimum absolute atomic E-state index is 0.0366. The molecule has 3 aromatic rings. The molecule has 224 valence electrons. The normalized spacial score (nSPS) is 13.2. The van der Waals surface area contributed by atoms with Crippen molar-refractivity contribution < 1.29 is 27.5 Å². The van der Waals surface area contributed by atoms with E-state index in [1.54, 1.807) is 35.2 Å². The Morgan fingerprint density at radius 3 is 2.31 bits per heavy atom. The van der Waals surface area contributed by atoms with E-state index >= 15 is 0 Å². The summed E-state index contributed by atoms with van der Waals surface area (Å²) < 4.78 is 37.9. The zero-order valence-electron chi connectivity index (χ0n) is 23.8. The van der Waals surface area contributed by atoms with Crippen LogP contribution in [0.3, 0.4) is 0 Å². The van der Waals surface area contributed by atoms with Gasteiger partial charge in [-0.1, -0.05) is 54.1 Å². The fourth-order valence-electron chi connectivity index (χ4n) is 4.82. The lowest BCUT2D eigenvalue weighted by Gasteiger charge is -2.32. The third-order valence-electron chi connectivity index (χ3n) is 6.85. The largest absolute Gasteiger partial charge is 0.486 e. The predicted molar refractivity (Wildman–Crippen MR) is 163 cm³/mol. The molecule has 0 spiro atoms. The van der Waals surface area contributed by atoms with Gasteiger partial charge < -0.3 is 19.7 Å². The van der Waals surface area contributed by atoms with Gasteiger partial charge in [-0.15, -0.1) is 0 Å². The molecule has 0 bridgehead atoms. The van der Waals surface area contributed by atoms with E-state index in [0.29, 0.717) is 48.4 Å². The third-order valence-corrected chi connectivity index (χ3v) is 8.30. The third kappa shape index (κ3) is 8.39. The molecule has 9 nitrogen and oxygen atoms in total. The molecule has 1 atom stereocenters. The van der Waals surface area contributed by atoms with Gasteiger partial charge in [0.15, 0.2) is 11.5 Å². The first-order valence-corrected chi connectivity index (χ1v) is 16.1. The van der Waals surface area contributed by atoms with Crippen molar-refractivity contribution in [2.45, 2.75) is 38.8 Å². The Hall–Kier alpha value is -3.76. The van der Waals surface area contributed by atoms with Crippen molar-refractivity contribution in [3.05, 3.63) is 88.9 Å². The number of benzene rings is 3. The van der Waals surface area contributed by atoms with Crippen LogP contribution >= 0.6 is 11.6 Å². The molecule has 0 saturated carbocycles. The van der Waals surface area contributed by atoms with Crippen molar-refractivity contribution >= 4 is 39.1 Å². The van der Waals surface area contributed by atoms with E-state index in [1.807, 2.05) is 49.4 Å². The fraction of sp³-hybridized carbons (Fsp3) is 0.355. The van der Waals surface area contributed by atoms with Crippen LogP contribution in [0, 0.1) is 0 Å². The van der Waals surface area contributed by atoms with Gasteiger partial charge in [-0.05, 0) is 48.7 Å². The number of halogens is 1. The highest BCUT2D eigenvalue weighted by molar-refractivity contribution is 7.92. The first-order chi connectivity index (χ1) is 20.2. The van der Waals surface area contributed by atoms with Crippen molar-refractivity contribution in [3.8, 4) is 11.5 Å². The predicted octanol–water partition coefficient (Wildman–Crippen LogP) is 4.43. The number of nitrogens with one attached hydrogen (secondary N) is 1. The van der Waals surface area contributed by atoms with Gasteiger partial charge >= 0.3 is 0 Å². The topological polar surface area (TPSA) is 105 Å². The molecule has 0 radical (unpaired) electrons. The zero-order chi connectivity index (χ0) is 30.1. The highest BCUT2D eigenvalue weighted by Crippen LogP contribution is 2.34. The average Bonchev–Trinajstić information content (AvgIpc) is 2.97. The van der Waals surface area contributed by atoms with Gasteiger partial charge in [-0.2, -0.15) is 0 Å². The molecule has 1 aliphatic heterocycles. The first kappa shape index (κ1) is 31.2. The number of likely N-dealkylation sites (N-methyl/N-ethyl adjacent to an activating group) is 1. The molecular weight excluding hydrogens is 578 g/mol. The molecule has 1 aliphatic rings. The molecule has 11 heteroatoms. The van der Waals surface area contributed by atoms with Crippen LogP contribution in [0.1, 0.15) is 30.9 Å². The lowest BCUT2D eigenvalue weighted by molar-refractivity contribution is -0.141. The second-order valence-corrected chi connectivity index (χ2v) is 12.4. The number of carbonyl (C=O) groups is 2. The van der Waals surface area contributed by atoms with Gasteiger partial charge in [0.05, 0.1) is 11.9 Å². The smallest absolute Gasteiger partial charge is 0.243 e. The number of ether oxygens (including phenoxy) is 2. The molecule has 4 rings (SSSR count). The average molecular weight is 614 g/mol. The standard InChI is InChI=1S/C31H36ClN3O6S/c1-3-33-31(37)27(20-23-8-5-4-6-9-23)34(22-24-11-13-25(32)14-12-24)30(36)10-7-17-35(42(2,38)39)26-15-16-28-29(21-26)41-19-18-40-28/h4-6,8-9,11-16,21,27H,3,7,10,17-20,22H2,1-2H3,(H,33,37). The van der Waals surface area contributed by atoms with Gasteiger partial charge in [-0.25, -0.2) is 8.42 Å². The van der Waals surface area contributed by atoms with Gasteiger partial charge in [0, 0.05) is 43.6 Å². The van der Waals surface area contributed by atoms with Crippen LogP contribution in [0.4, 0.5) is 5.69 Å². The minimum atomic E-state index is -3.66. The summed E-state index contributed by atoms with van der Waals surface area (Å²) in [6, 6.07) is 20.9. The zero-order valence-corrected chi connectivity index (χ0v) is 25.4. The molecule has 0 saturated heterocycles. The van der Waals surface area contributed by atoms with Crippen molar-refractivity contribution in [3.63, 3.8) is 0 Å². The second kappa shape index (κ2) is 14.4. The lowest BCUT2D eigenvalue weighted by Crippen LogP contribution is -2.50. The van der Waals surface area contributed by atoms with E-state index in [4.69, 9.17) is 21.1 Å². The molecule has 42 heavy (non-hydrogen) atoms. The molecule has 0 aromatic heterocycles. The number of sulfonamides is 1. The molecule has 1 heterocycles. The number of hydrogen-bond acceptors (Lipinski definition) is 6. The van der Waals surface area contributed by atoms with Crippen molar-refractivity contribution in [2.75, 3.05) is 36.9 Å². The summed E-state index contributed by atoms with van der Waals surface area (Å²) >= 11 is 6.08. The van der Waals surface area contributed by atoms with E-state index in [0.717, 1.165) is 17.4 Å². The maximum atomic E-state index is 13.8. The van der Waals surface area contributed by atoms with Gasteiger partial charge in [0.1, 0.15) is 19.3 Å². The van der Waals surface area contributed by atoms with Crippen LogP contribution in [0.2, 0.25) is 5.02 Å². The second-order valence-electron chi connectivity index (χ2n) is 10.0. The summed E-state index contributed by atoms with van der Waals surface area (Å²) in [5.74, 6) is 0.523. The van der Waals surface area contributed by atoms with Crippen LogP contribution < -0.4 is 19.1 Å². The lowest BCUT2D eigenvalue weighted by atomic mass is 10.0. The summed E-state index contributed by atoms with van der Waals surface area (Å²) in [5, 5.41) is 3.44. The number of anilines is 1. The van der Waals surface area contributed by atoms with Crippen molar-refractivity contribution in [1.82, 2.24) is 10.2 Å². The summed E-state index contributed by atoms with van der Waals surface area (Å²) in [6.07, 6.45) is 1.74. The first-order valence-electron chi connectivity index (χ1n) is 13.9. The summed E-state index contributed by atoms with van der Waals surface area (Å²) in [4.78, 5) is 28.7. The molecule has 0 aliphatic carbocycles. The van der Waals surface area contributed by atoms with Crippen LogP contribution in [-0.2, 0) is 32.6 Å². The van der Waals surface area contributed by atoms with Crippen LogP contribution in [-0.4, -0.2) is 63.7 Å². The SMILES string of the molecule is CCNC(=O)C(Cc1ccccc1)N(Cc1ccc(Cl)cc1)C(=O)CCCN(c1ccc2c(c1)OCCO2)S(C)(=O)=O. The van der Waals surface area contributed by atoms with E-state index < -0.39 is 16.1 Å². The Bertz CT molecular complexity index is 1470. The number of fused-ring (bicyclic) bond motifs is 1. The van der Waals surface area contributed by atoms with Crippen LogP contribution in [0.15, 0.2) is 72.8 Å². The Morgan fingerprint density at radius 2 is 1.64 bits per heavy atom. The molecule has 1 unspecified atom stereocenters. The van der Waals surface area contributed by atoms with Gasteiger partial charge in [0.25, 0.3) is 0 Å². The number of amides is 2. The van der Waals surface area contributed by atoms with Gasteiger partial charge in [0.2, 0.25) is 21.8 Å². The van der Waals surface area contributed by atoms with Crippen molar-refractivity contribution in [2.24, 2.45) is 0 Å². The van der Waals surface area contributed by atoms with Gasteiger partial charge in [-0.3, -0.25) is 13.9 Å². The Balaban J connectivity index is 1.55. The molecule has 2 amide bonds. The summed E-state index contributed by atoms with van der Waals surface area (Å²) in [5.41, 5.74) is 2.17. The molecular formula is C31H36ClN3O6S. The number of carbonyl (C=O) groups excluding carboxylic acids is 2. The highest BCUT2D eigenvalue weighted by atomic mass is 35.5. The Labute approximate surface area is 252 Å². The maximum Gasteiger partial charge on any atom is 0.243 e. The van der Waals surface area contributed by atoms with E-state index in [9.17, 15) is 18.0 Å².